The van der Waals surface area contributed by atoms with Crippen molar-refractivity contribution in [3.05, 3.63) is 0 Å². The third kappa shape index (κ3) is 3.76. The van der Waals surface area contributed by atoms with E-state index < -0.39 is 0 Å². The highest BCUT2D eigenvalue weighted by molar-refractivity contribution is 4.76. The molecule has 2 rings (SSSR count). The van der Waals surface area contributed by atoms with E-state index in [0.29, 0.717) is 0 Å². The number of piperidine rings is 1. The van der Waals surface area contributed by atoms with Gasteiger partial charge in [0.2, 0.25) is 0 Å². The van der Waals surface area contributed by atoms with Gasteiger partial charge in [0.1, 0.15) is 0 Å². The first-order valence-corrected chi connectivity index (χ1v) is 6.76. The van der Waals surface area contributed by atoms with Crippen molar-refractivity contribution in [3.63, 3.8) is 0 Å². The van der Waals surface area contributed by atoms with Crippen LogP contribution in [0.3, 0.4) is 0 Å². The van der Waals surface area contributed by atoms with Gasteiger partial charge in [-0.05, 0) is 58.3 Å². The average molecular weight is 210 g/mol. The number of nitrogens with one attached hydrogen (secondary N) is 1. The van der Waals surface area contributed by atoms with Gasteiger partial charge in [0.05, 0.1) is 0 Å². The maximum Gasteiger partial charge on any atom is 0.00671 e. The van der Waals surface area contributed by atoms with Crippen LogP contribution in [0.15, 0.2) is 0 Å². The molecule has 88 valence electrons. The number of likely N-dealkylation sites (tertiary alicyclic amines) is 1. The zero-order chi connectivity index (χ0) is 10.5. The summed E-state index contributed by atoms with van der Waals surface area (Å²) in [6.07, 6.45) is 10.0. The summed E-state index contributed by atoms with van der Waals surface area (Å²) in [5.41, 5.74) is 0. The minimum Gasteiger partial charge on any atom is -0.314 e. The van der Waals surface area contributed by atoms with Crippen LogP contribution in [-0.4, -0.2) is 37.6 Å². The molecule has 1 heterocycles. The van der Waals surface area contributed by atoms with Gasteiger partial charge in [-0.3, -0.25) is 0 Å². The fourth-order valence-corrected chi connectivity index (χ4v) is 2.91. The zero-order valence-corrected chi connectivity index (χ0v) is 10.2. The number of rotatable bonds is 3. The second-order valence-electron chi connectivity index (χ2n) is 5.49. The van der Waals surface area contributed by atoms with Crippen molar-refractivity contribution in [2.24, 2.45) is 5.92 Å². The van der Waals surface area contributed by atoms with Crippen LogP contribution in [0.1, 0.15) is 44.9 Å². The minimum absolute atomic E-state index is 0.846. The number of hydrogen-bond acceptors (Lipinski definition) is 2. The molecule has 2 nitrogen and oxygen atoms in total. The van der Waals surface area contributed by atoms with Crippen LogP contribution < -0.4 is 5.32 Å². The van der Waals surface area contributed by atoms with Crippen LogP contribution in [-0.2, 0) is 0 Å². The van der Waals surface area contributed by atoms with E-state index >= 15 is 0 Å². The van der Waals surface area contributed by atoms with E-state index in [2.05, 4.69) is 17.3 Å². The molecule has 0 unspecified atom stereocenters. The van der Waals surface area contributed by atoms with E-state index in [9.17, 15) is 0 Å². The lowest BCUT2D eigenvalue weighted by molar-refractivity contribution is 0.208. The molecule has 1 aliphatic heterocycles. The van der Waals surface area contributed by atoms with E-state index in [1.807, 2.05) is 0 Å². The van der Waals surface area contributed by atoms with Crippen molar-refractivity contribution in [3.8, 4) is 0 Å². The van der Waals surface area contributed by atoms with Crippen molar-refractivity contribution in [2.75, 3.05) is 26.7 Å². The number of hydrogen-bond donors (Lipinski definition) is 1. The summed E-state index contributed by atoms with van der Waals surface area (Å²) in [5, 5.41) is 3.79. The molecule has 0 aromatic rings. The zero-order valence-electron chi connectivity index (χ0n) is 10.2. The first-order valence-electron chi connectivity index (χ1n) is 6.76. The van der Waals surface area contributed by atoms with E-state index in [0.717, 1.165) is 12.0 Å². The highest BCUT2D eigenvalue weighted by atomic mass is 15.1. The van der Waals surface area contributed by atoms with E-state index in [1.54, 1.807) is 0 Å². The van der Waals surface area contributed by atoms with Crippen molar-refractivity contribution in [1.29, 1.82) is 0 Å². The molecule has 1 aliphatic carbocycles. The highest BCUT2D eigenvalue weighted by Crippen LogP contribution is 2.19. The Bertz CT molecular complexity index is 167. The molecular formula is C13H26N2. The van der Waals surface area contributed by atoms with E-state index in [1.165, 1.54) is 64.6 Å². The summed E-state index contributed by atoms with van der Waals surface area (Å²) in [4.78, 5) is 2.46. The maximum atomic E-state index is 3.79. The highest BCUT2D eigenvalue weighted by Gasteiger charge is 2.18. The Morgan fingerprint density at radius 2 is 1.67 bits per heavy atom. The predicted molar refractivity (Wildman–Crippen MR) is 65.1 cm³/mol. The van der Waals surface area contributed by atoms with Gasteiger partial charge in [-0.25, -0.2) is 0 Å². The summed E-state index contributed by atoms with van der Waals surface area (Å²) in [6.45, 7) is 3.88. The van der Waals surface area contributed by atoms with Gasteiger partial charge in [0, 0.05) is 6.04 Å². The van der Waals surface area contributed by atoms with Crippen molar-refractivity contribution in [2.45, 2.75) is 51.0 Å². The molecule has 1 saturated carbocycles. The van der Waals surface area contributed by atoms with Gasteiger partial charge in [-0.15, -0.1) is 0 Å². The van der Waals surface area contributed by atoms with Gasteiger partial charge in [0.15, 0.2) is 0 Å². The summed E-state index contributed by atoms with van der Waals surface area (Å²) in [6, 6.07) is 0.846. The quantitative estimate of drug-likeness (QED) is 0.768. The molecule has 0 amide bonds. The Balaban J connectivity index is 1.60. The molecule has 0 aromatic heterocycles. The Morgan fingerprint density at radius 3 is 2.33 bits per heavy atom. The van der Waals surface area contributed by atoms with Crippen LogP contribution >= 0.6 is 0 Å². The lowest BCUT2D eigenvalue weighted by Crippen LogP contribution is -2.39. The third-order valence-electron chi connectivity index (χ3n) is 4.14. The summed E-state index contributed by atoms with van der Waals surface area (Å²) in [5.74, 6) is 0.947. The molecule has 2 aliphatic rings. The summed E-state index contributed by atoms with van der Waals surface area (Å²) in [7, 11) is 2.24. The molecule has 0 radical (unpaired) electrons. The van der Waals surface area contributed by atoms with Gasteiger partial charge >= 0.3 is 0 Å². The molecule has 0 spiro atoms. The summed E-state index contributed by atoms with van der Waals surface area (Å²) < 4.78 is 0. The van der Waals surface area contributed by atoms with Gasteiger partial charge in [-0.1, -0.05) is 19.3 Å². The van der Waals surface area contributed by atoms with Gasteiger partial charge < -0.3 is 10.2 Å². The molecule has 1 saturated heterocycles. The first-order chi connectivity index (χ1) is 7.34. The minimum atomic E-state index is 0.846. The van der Waals surface area contributed by atoms with Crippen LogP contribution in [0.25, 0.3) is 0 Å². The van der Waals surface area contributed by atoms with Crippen molar-refractivity contribution in [1.82, 2.24) is 10.2 Å². The van der Waals surface area contributed by atoms with Crippen molar-refractivity contribution < 1.29 is 0 Å². The SMILES string of the molecule is CN1CCC(CNC2CCCCC2)CC1. The summed E-state index contributed by atoms with van der Waals surface area (Å²) >= 11 is 0. The normalized spacial score (nSPS) is 27.0. The largest absolute Gasteiger partial charge is 0.314 e. The smallest absolute Gasteiger partial charge is 0.00671 e. The predicted octanol–water partition coefficient (Wildman–Crippen LogP) is 2.25. The molecule has 15 heavy (non-hydrogen) atoms. The van der Waals surface area contributed by atoms with Crippen molar-refractivity contribution >= 4 is 0 Å². The lowest BCUT2D eigenvalue weighted by atomic mass is 9.93. The molecule has 0 bridgehead atoms. The second kappa shape index (κ2) is 5.86. The van der Waals surface area contributed by atoms with Crippen LogP contribution in [0.5, 0.6) is 0 Å². The third-order valence-corrected chi connectivity index (χ3v) is 4.14. The first kappa shape index (κ1) is 11.4. The standard InChI is InChI=1S/C13H26N2/c1-15-9-7-12(8-10-15)11-14-13-5-3-2-4-6-13/h12-14H,2-11H2,1H3. The topological polar surface area (TPSA) is 15.3 Å². The van der Waals surface area contributed by atoms with Gasteiger partial charge in [0.25, 0.3) is 0 Å². The second-order valence-corrected chi connectivity index (χ2v) is 5.49. The lowest BCUT2D eigenvalue weighted by Gasteiger charge is -2.31. The fraction of sp³-hybridized carbons (Fsp3) is 1.00. The monoisotopic (exact) mass is 210 g/mol. The number of nitrogens with zero attached hydrogens (tertiary/aromatic N) is 1. The average Bonchev–Trinajstić information content (AvgIpc) is 2.30. The molecular weight excluding hydrogens is 184 g/mol. The Morgan fingerprint density at radius 1 is 1.00 bits per heavy atom. The Labute approximate surface area is 94.4 Å². The van der Waals surface area contributed by atoms with Crippen LogP contribution in [0.4, 0.5) is 0 Å². The molecule has 0 atom stereocenters. The Hall–Kier alpha value is -0.0800. The molecule has 1 N–H and O–H groups in total. The molecule has 2 heteroatoms. The van der Waals surface area contributed by atoms with E-state index in [-0.39, 0.29) is 0 Å². The maximum absolute atomic E-state index is 3.79. The van der Waals surface area contributed by atoms with E-state index in [4.69, 9.17) is 0 Å². The Kier molecular flexibility index (Phi) is 4.45. The van der Waals surface area contributed by atoms with Gasteiger partial charge in [-0.2, -0.15) is 0 Å². The fourth-order valence-electron chi connectivity index (χ4n) is 2.91. The molecule has 0 aromatic carbocycles. The van der Waals surface area contributed by atoms with Crippen LogP contribution in [0.2, 0.25) is 0 Å². The van der Waals surface area contributed by atoms with Crippen LogP contribution in [0, 0.1) is 5.92 Å². The molecule has 2 fully saturated rings.